The highest BCUT2D eigenvalue weighted by Crippen LogP contribution is 2.17. The van der Waals surface area contributed by atoms with Crippen LogP contribution in [-0.4, -0.2) is 28.9 Å². The normalized spacial score (nSPS) is 10.9. The Bertz CT molecular complexity index is 1800. The van der Waals surface area contributed by atoms with Crippen LogP contribution in [0.25, 0.3) is 0 Å². The minimum Gasteiger partial charge on any atom is -0.307 e. The second kappa shape index (κ2) is 13.0. The van der Waals surface area contributed by atoms with Crippen molar-refractivity contribution in [3.8, 4) is 24.7 Å². The van der Waals surface area contributed by atoms with Gasteiger partial charge in [-0.25, -0.2) is 35.9 Å². The molecule has 4 amide bonds. The van der Waals surface area contributed by atoms with E-state index < -0.39 is 32.1 Å². The van der Waals surface area contributed by atoms with Gasteiger partial charge in [0.05, 0.1) is 9.79 Å². The number of sulfonamides is 2. The summed E-state index contributed by atoms with van der Waals surface area (Å²) >= 11 is 0. The van der Waals surface area contributed by atoms with E-state index in [1.807, 2.05) is 9.44 Å². The van der Waals surface area contributed by atoms with Gasteiger partial charge < -0.3 is 10.6 Å². The van der Waals surface area contributed by atoms with Crippen molar-refractivity contribution in [1.29, 1.82) is 0 Å². The van der Waals surface area contributed by atoms with Crippen molar-refractivity contribution in [3.05, 3.63) is 119 Å². The molecule has 0 bridgehead atoms. The molecule has 0 fully saturated rings. The SMILES string of the molecule is C#Cc1ccc(S(=O)(=O)NC(=O)Nc2ccc(Cc3ccc(NC(=O)NS(=O)(=O)c4ccc(C#C)cc4)cc3)cc2)cc1. The van der Waals surface area contributed by atoms with Crippen molar-refractivity contribution in [2.24, 2.45) is 0 Å². The second-order valence-electron chi connectivity index (χ2n) is 9.03. The van der Waals surface area contributed by atoms with E-state index in [1.165, 1.54) is 48.5 Å². The van der Waals surface area contributed by atoms with E-state index in [2.05, 4.69) is 22.5 Å². The Morgan fingerprint density at radius 2 is 0.860 bits per heavy atom. The lowest BCUT2D eigenvalue weighted by Gasteiger charge is -2.10. The van der Waals surface area contributed by atoms with E-state index in [0.717, 1.165) is 11.1 Å². The average molecular weight is 613 g/mol. The molecule has 0 aliphatic rings. The molecule has 0 spiro atoms. The number of amides is 4. The van der Waals surface area contributed by atoms with Crippen molar-refractivity contribution >= 4 is 43.5 Å². The summed E-state index contributed by atoms with van der Waals surface area (Å²) in [5, 5.41) is 4.96. The Balaban J connectivity index is 1.29. The van der Waals surface area contributed by atoms with Crippen LogP contribution in [0.4, 0.5) is 21.0 Å². The number of benzene rings is 4. The summed E-state index contributed by atoms with van der Waals surface area (Å²) in [5.74, 6) is 4.78. The van der Waals surface area contributed by atoms with Crippen molar-refractivity contribution < 1.29 is 26.4 Å². The lowest BCUT2D eigenvalue weighted by molar-refractivity contribution is 0.255. The van der Waals surface area contributed by atoms with Gasteiger partial charge in [0.15, 0.2) is 0 Å². The van der Waals surface area contributed by atoms with Crippen molar-refractivity contribution in [1.82, 2.24) is 9.44 Å². The topological polar surface area (TPSA) is 151 Å². The maximum absolute atomic E-state index is 12.4. The van der Waals surface area contributed by atoms with Gasteiger partial charge in [0.1, 0.15) is 0 Å². The van der Waals surface area contributed by atoms with Gasteiger partial charge in [-0.2, -0.15) is 0 Å². The van der Waals surface area contributed by atoms with Gasteiger partial charge in [-0.1, -0.05) is 36.1 Å². The molecule has 4 rings (SSSR count). The first kappa shape index (κ1) is 30.4. The monoisotopic (exact) mass is 612 g/mol. The van der Waals surface area contributed by atoms with Gasteiger partial charge in [0.25, 0.3) is 20.0 Å². The number of terminal acetylenes is 2. The lowest BCUT2D eigenvalue weighted by Crippen LogP contribution is -2.34. The van der Waals surface area contributed by atoms with Crippen molar-refractivity contribution in [2.45, 2.75) is 16.2 Å². The van der Waals surface area contributed by atoms with Crippen molar-refractivity contribution in [3.63, 3.8) is 0 Å². The van der Waals surface area contributed by atoms with Crippen LogP contribution in [0.2, 0.25) is 0 Å². The molecular weight excluding hydrogens is 588 g/mol. The van der Waals surface area contributed by atoms with Crippen LogP contribution in [-0.2, 0) is 26.5 Å². The fourth-order valence-electron chi connectivity index (χ4n) is 3.78. The Morgan fingerprint density at radius 3 is 1.16 bits per heavy atom. The molecule has 0 aromatic heterocycles. The maximum Gasteiger partial charge on any atom is 0.333 e. The molecule has 12 heteroatoms. The molecular formula is C31H24N4O6S2. The third-order valence-corrected chi connectivity index (χ3v) is 8.64. The van der Waals surface area contributed by atoms with Gasteiger partial charge in [-0.15, -0.1) is 12.8 Å². The van der Waals surface area contributed by atoms with Gasteiger partial charge in [0.2, 0.25) is 0 Å². The molecule has 4 aromatic rings. The summed E-state index contributed by atoms with van der Waals surface area (Å²) in [6, 6.07) is 22.8. The van der Waals surface area contributed by atoms with Gasteiger partial charge in [-0.3, -0.25) is 0 Å². The van der Waals surface area contributed by atoms with Gasteiger partial charge in [0, 0.05) is 22.5 Å². The van der Waals surface area contributed by atoms with E-state index in [4.69, 9.17) is 12.8 Å². The van der Waals surface area contributed by atoms with Crippen LogP contribution < -0.4 is 20.1 Å². The number of carbonyl (C=O) groups excluding carboxylic acids is 2. The highest BCUT2D eigenvalue weighted by molar-refractivity contribution is 7.90. The maximum atomic E-state index is 12.4. The third-order valence-electron chi connectivity index (χ3n) is 5.95. The third kappa shape index (κ3) is 8.24. The number of rotatable bonds is 8. The Kier molecular flexibility index (Phi) is 9.16. The summed E-state index contributed by atoms with van der Waals surface area (Å²) in [6.07, 6.45) is 11.1. The van der Waals surface area contributed by atoms with Crippen LogP contribution >= 0.6 is 0 Å². The fraction of sp³-hybridized carbons (Fsp3) is 0.0323. The first-order chi connectivity index (χ1) is 20.5. The molecule has 0 heterocycles. The van der Waals surface area contributed by atoms with E-state index in [-0.39, 0.29) is 9.79 Å². The first-order valence-electron chi connectivity index (χ1n) is 12.5. The van der Waals surface area contributed by atoms with Crippen molar-refractivity contribution in [2.75, 3.05) is 10.6 Å². The zero-order valence-electron chi connectivity index (χ0n) is 22.4. The smallest absolute Gasteiger partial charge is 0.307 e. The molecule has 10 nitrogen and oxygen atoms in total. The molecule has 0 atom stereocenters. The number of hydrogen-bond donors (Lipinski definition) is 4. The fourth-order valence-corrected chi connectivity index (χ4v) is 5.60. The number of urea groups is 2. The van der Waals surface area contributed by atoms with E-state index in [1.54, 1.807) is 48.5 Å². The molecule has 0 radical (unpaired) electrons. The number of anilines is 2. The summed E-state index contributed by atoms with van der Waals surface area (Å²) in [4.78, 5) is 24.3. The van der Waals surface area contributed by atoms with Gasteiger partial charge >= 0.3 is 12.1 Å². The summed E-state index contributed by atoms with van der Waals surface area (Å²) < 4.78 is 53.6. The molecule has 0 aliphatic heterocycles. The molecule has 0 saturated carbocycles. The van der Waals surface area contributed by atoms with E-state index in [0.29, 0.717) is 28.9 Å². The molecule has 0 aliphatic carbocycles. The van der Waals surface area contributed by atoms with Crippen LogP contribution in [0.5, 0.6) is 0 Å². The zero-order chi connectivity index (χ0) is 31.0. The number of carbonyl (C=O) groups is 2. The van der Waals surface area contributed by atoms with Crippen LogP contribution in [0.3, 0.4) is 0 Å². The molecule has 43 heavy (non-hydrogen) atoms. The minimum absolute atomic E-state index is 0.101. The molecule has 4 N–H and O–H groups in total. The molecule has 0 unspecified atom stereocenters. The standard InChI is InChI=1S/C31H24N4O6S2/c1-3-22-9-17-28(18-10-22)42(38,39)34-30(36)32-26-13-5-24(6-14-26)21-25-7-15-27(16-8-25)33-31(37)35-43(40,41)29-19-11-23(4-2)12-20-29/h1-2,5-20H,21H2,(H2,32,34,36)(H2,33,35,37). The molecule has 0 saturated heterocycles. The summed E-state index contributed by atoms with van der Waals surface area (Å²) in [5.41, 5.74) is 3.58. The van der Waals surface area contributed by atoms with Gasteiger partial charge in [-0.05, 0) is 90.3 Å². The number of nitrogens with one attached hydrogen (secondary N) is 4. The Morgan fingerprint density at radius 1 is 0.535 bits per heavy atom. The second-order valence-corrected chi connectivity index (χ2v) is 12.4. The van der Waals surface area contributed by atoms with Crippen LogP contribution in [0.15, 0.2) is 107 Å². The highest BCUT2D eigenvalue weighted by Gasteiger charge is 2.19. The largest absolute Gasteiger partial charge is 0.333 e. The highest BCUT2D eigenvalue weighted by atomic mass is 32.2. The summed E-state index contributed by atoms with van der Waals surface area (Å²) in [7, 11) is -8.17. The van der Waals surface area contributed by atoms with Crippen LogP contribution in [0, 0.1) is 24.7 Å². The Hall–Kier alpha value is -5.56. The molecule has 216 valence electrons. The predicted octanol–water partition coefficient (Wildman–Crippen LogP) is 4.26. The average Bonchev–Trinajstić information content (AvgIpc) is 2.98. The predicted molar refractivity (Wildman–Crippen MR) is 163 cm³/mol. The van der Waals surface area contributed by atoms with E-state index >= 15 is 0 Å². The first-order valence-corrected chi connectivity index (χ1v) is 15.4. The zero-order valence-corrected chi connectivity index (χ0v) is 24.0. The molecule has 4 aromatic carbocycles. The lowest BCUT2D eigenvalue weighted by atomic mass is 10.0. The quantitative estimate of drug-likeness (QED) is 0.218. The minimum atomic E-state index is -4.09. The van der Waals surface area contributed by atoms with Crippen LogP contribution in [0.1, 0.15) is 22.3 Å². The summed E-state index contributed by atoms with van der Waals surface area (Å²) in [6.45, 7) is 0. The Labute approximate surface area is 249 Å². The van der Waals surface area contributed by atoms with E-state index in [9.17, 15) is 26.4 Å². The number of hydrogen-bond acceptors (Lipinski definition) is 6.